The minimum absolute atomic E-state index is 0.0516. The first-order chi connectivity index (χ1) is 22.0. The van der Waals surface area contributed by atoms with Crippen LogP contribution in [-0.4, -0.2) is 128 Å². The number of anilines is 1. The Bertz CT molecular complexity index is 1810. The van der Waals surface area contributed by atoms with Gasteiger partial charge in [-0.2, -0.15) is 4.73 Å². The van der Waals surface area contributed by atoms with Gasteiger partial charge in [0.15, 0.2) is 16.6 Å². The van der Waals surface area contributed by atoms with Crippen molar-refractivity contribution in [1.82, 2.24) is 35.3 Å². The number of nitrogens with zero attached hydrogens (tertiary/aromatic N) is 6. The number of nitrogen functional groups attached to an aromatic ring is 1. The number of hydrogen-bond acceptors (Lipinski definition) is 15. The second-order valence-electron chi connectivity index (χ2n) is 10.7. The van der Waals surface area contributed by atoms with Crippen molar-refractivity contribution in [2.75, 3.05) is 25.4 Å². The number of carboxylic acid groups (broad SMARTS) is 2. The number of rotatable bonds is 10. The van der Waals surface area contributed by atoms with E-state index in [-0.39, 0.29) is 28.6 Å². The number of amides is 5. The van der Waals surface area contributed by atoms with Crippen molar-refractivity contribution in [2.24, 2.45) is 5.16 Å². The van der Waals surface area contributed by atoms with Crippen LogP contribution in [0, 0.1) is 0 Å². The second kappa shape index (κ2) is 11.7. The highest BCUT2D eigenvalue weighted by atomic mass is 32.2. The standard InChI is InChI=1S/C24H25N9O12S2/c1-23(2,19(39)40)45-29-13(9-7-46-21(25)26-9)16(37)27-14-17(38)30-8-24(20(41)42,47-18(14)30)31-3-4-32(22(31)43)28-15(36)10-5-11(34)12(35)6-33(10)44/h5-7,14,18,35,44H,3-4,8H2,1-2H3,(H2,25,26)(H,27,37)(H,28,36)(H,39,40)(H,41,42)/b29-13-/t14-,18-,24-/m1/s1. The Morgan fingerprint density at radius 1 is 1.19 bits per heavy atom. The van der Waals surface area contributed by atoms with E-state index in [4.69, 9.17) is 10.6 Å². The molecule has 3 aliphatic rings. The zero-order valence-electron chi connectivity index (χ0n) is 24.1. The minimum atomic E-state index is -2.05. The van der Waals surface area contributed by atoms with E-state index in [2.05, 4.69) is 20.9 Å². The highest BCUT2D eigenvalue weighted by Gasteiger charge is 2.66. The van der Waals surface area contributed by atoms with Gasteiger partial charge in [0.25, 0.3) is 11.8 Å². The third-order valence-electron chi connectivity index (χ3n) is 7.25. The third-order valence-corrected chi connectivity index (χ3v) is 9.60. The highest BCUT2D eigenvalue weighted by molar-refractivity contribution is 8.02. The average Bonchev–Trinajstić information content (AvgIpc) is 3.69. The van der Waals surface area contributed by atoms with Gasteiger partial charge in [-0.25, -0.2) is 24.4 Å². The molecule has 3 aliphatic heterocycles. The Morgan fingerprint density at radius 3 is 2.51 bits per heavy atom. The summed E-state index contributed by atoms with van der Waals surface area (Å²) in [4.78, 5) is 97.3. The number of fused-ring (bicyclic) bond motifs is 1. The first-order valence-corrected chi connectivity index (χ1v) is 15.0. The molecule has 23 heteroatoms. The molecule has 2 aromatic heterocycles. The van der Waals surface area contributed by atoms with E-state index >= 15 is 0 Å². The molecular weight excluding hydrogens is 670 g/mol. The van der Waals surface area contributed by atoms with Crippen LogP contribution in [0.4, 0.5) is 9.93 Å². The summed E-state index contributed by atoms with van der Waals surface area (Å²) in [6.07, 6.45) is 0.575. The summed E-state index contributed by atoms with van der Waals surface area (Å²) in [5, 5.41) is 46.2. The van der Waals surface area contributed by atoms with Gasteiger partial charge < -0.3 is 41.3 Å². The summed E-state index contributed by atoms with van der Waals surface area (Å²) in [5.74, 6) is -6.55. The van der Waals surface area contributed by atoms with Crippen LogP contribution in [0.1, 0.15) is 30.0 Å². The zero-order valence-corrected chi connectivity index (χ0v) is 25.8. The lowest BCUT2D eigenvalue weighted by Gasteiger charge is -2.41. The summed E-state index contributed by atoms with van der Waals surface area (Å²) in [6, 6.07) is -1.66. The lowest BCUT2D eigenvalue weighted by Crippen LogP contribution is -2.68. The number of aromatic nitrogens is 2. The molecular formula is C24H25N9O12S2. The van der Waals surface area contributed by atoms with Crippen molar-refractivity contribution in [2.45, 2.75) is 35.7 Å². The molecule has 8 N–H and O–H groups in total. The number of nitrogens with two attached hydrogens (primary N) is 1. The summed E-state index contributed by atoms with van der Waals surface area (Å²) in [7, 11) is 0. The van der Waals surface area contributed by atoms with Gasteiger partial charge in [0.05, 0.1) is 19.3 Å². The minimum Gasteiger partial charge on any atom is -0.503 e. The summed E-state index contributed by atoms with van der Waals surface area (Å²) < 4.78 is 0.166. The van der Waals surface area contributed by atoms with Crippen molar-refractivity contribution in [1.29, 1.82) is 0 Å². The molecule has 0 radical (unpaired) electrons. The molecule has 0 bridgehead atoms. The SMILES string of the molecule is CC(C)(O/N=C(\C(=O)N[C@@H]1C(=O)N2C[C@@](C(=O)O)(N3CCN(NC(=O)c4cc(=O)c(O)cn4O)C3=O)S[C@H]12)c1csc(N)n1)C(=O)O. The second-order valence-corrected chi connectivity index (χ2v) is 13.0. The van der Waals surface area contributed by atoms with Crippen LogP contribution >= 0.6 is 23.1 Å². The molecule has 0 spiro atoms. The first-order valence-electron chi connectivity index (χ1n) is 13.3. The summed E-state index contributed by atoms with van der Waals surface area (Å²) in [5.41, 5.74) is 3.79. The molecule has 21 nitrogen and oxygen atoms in total. The maximum atomic E-state index is 13.3. The van der Waals surface area contributed by atoms with Crippen LogP contribution in [0.5, 0.6) is 5.75 Å². The van der Waals surface area contributed by atoms with E-state index in [0.29, 0.717) is 24.0 Å². The molecule has 3 fully saturated rings. The zero-order chi connectivity index (χ0) is 34.6. The van der Waals surface area contributed by atoms with Gasteiger partial charge in [0.1, 0.15) is 22.8 Å². The Balaban J connectivity index is 1.32. The van der Waals surface area contributed by atoms with E-state index in [1.54, 1.807) is 0 Å². The largest absolute Gasteiger partial charge is 0.503 e. The molecule has 0 unspecified atom stereocenters. The number of thioether (sulfide) groups is 1. The van der Waals surface area contributed by atoms with Crippen molar-refractivity contribution in [3.8, 4) is 5.75 Å². The molecule has 5 heterocycles. The van der Waals surface area contributed by atoms with Crippen LogP contribution in [0.25, 0.3) is 0 Å². The number of pyridine rings is 1. The predicted octanol–water partition coefficient (Wildman–Crippen LogP) is -2.32. The molecule has 0 saturated carbocycles. The van der Waals surface area contributed by atoms with Crippen LogP contribution in [0.2, 0.25) is 0 Å². The number of nitrogens with one attached hydrogen (secondary N) is 2. The number of urea groups is 1. The Labute approximate surface area is 270 Å². The van der Waals surface area contributed by atoms with E-state index in [9.17, 15) is 54.1 Å². The molecule has 250 valence electrons. The predicted molar refractivity (Wildman–Crippen MR) is 157 cm³/mol. The molecule has 5 amide bonds. The molecule has 0 aliphatic carbocycles. The molecule has 2 aromatic rings. The molecule has 3 atom stereocenters. The quantitative estimate of drug-likeness (QED) is 0.0594. The number of carboxylic acids is 2. The van der Waals surface area contributed by atoms with E-state index in [0.717, 1.165) is 26.1 Å². The highest BCUT2D eigenvalue weighted by Crippen LogP contribution is 2.49. The van der Waals surface area contributed by atoms with Crippen molar-refractivity contribution < 1.29 is 54.1 Å². The number of hydrogen-bond donors (Lipinski definition) is 7. The van der Waals surface area contributed by atoms with Crippen molar-refractivity contribution >= 4 is 69.6 Å². The molecule has 5 rings (SSSR count). The number of carbonyl (C=O) groups is 6. The topological polar surface area (TPSA) is 300 Å². The molecule has 3 saturated heterocycles. The Kier molecular flexibility index (Phi) is 8.13. The van der Waals surface area contributed by atoms with E-state index < -0.39 is 86.7 Å². The van der Waals surface area contributed by atoms with E-state index in [1.165, 1.54) is 19.2 Å². The van der Waals surface area contributed by atoms with Gasteiger partial charge in [0.2, 0.25) is 21.8 Å². The maximum Gasteiger partial charge on any atom is 0.350 e. The number of β-lactam (4-membered cyclic amide) rings is 1. The van der Waals surface area contributed by atoms with Gasteiger partial charge in [0, 0.05) is 18.0 Å². The normalized spacial score (nSPS) is 22.5. The Morgan fingerprint density at radius 2 is 1.89 bits per heavy atom. The monoisotopic (exact) mass is 695 g/mol. The number of carbonyl (C=O) groups excluding carboxylic acids is 4. The van der Waals surface area contributed by atoms with E-state index in [1.807, 2.05) is 0 Å². The number of thiazole rings is 1. The number of hydrazine groups is 1. The smallest absolute Gasteiger partial charge is 0.350 e. The van der Waals surface area contributed by atoms with Gasteiger partial charge in [-0.3, -0.25) is 29.5 Å². The fourth-order valence-electron chi connectivity index (χ4n) is 4.65. The fourth-order valence-corrected chi connectivity index (χ4v) is 6.84. The van der Waals surface area contributed by atoms with Gasteiger partial charge in [-0.1, -0.05) is 16.9 Å². The number of aliphatic carboxylic acids is 2. The lowest BCUT2D eigenvalue weighted by molar-refractivity contribution is -0.161. The summed E-state index contributed by atoms with van der Waals surface area (Å²) >= 11 is 1.64. The van der Waals surface area contributed by atoms with Crippen LogP contribution in [0.15, 0.2) is 27.6 Å². The lowest BCUT2D eigenvalue weighted by atomic mass is 10.1. The third kappa shape index (κ3) is 5.69. The first kappa shape index (κ1) is 32.8. The number of aromatic hydroxyl groups is 1. The van der Waals surface area contributed by atoms with Gasteiger partial charge in [-0.15, -0.1) is 11.3 Å². The fraction of sp³-hybridized carbons (Fsp3) is 0.375. The van der Waals surface area contributed by atoms with Crippen molar-refractivity contribution in [3.05, 3.63) is 39.3 Å². The summed E-state index contributed by atoms with van der Waals surface area (Å²) in [6.45, 7) is 1.43. The van der Waals surface area contributed by atoms with Gasteiger partial charge in [-0.05, 0) is 13.8 Å². The van der Waals surface area contributed by atoms with Gasteiger partial charge >= 0.3 is 18.0 Å². The molecule has 47 heavy (non-hydrogen) atoms. The van der Waals surface area contributed by atoms with Crippen molar-refractivity contribution in [3.63, 3.8) is 0 Å². The van der Waals surface area contributed by atoms with Crippen LogP contribution < -0.4 is 21.9 Å². The van der Waals surface area contributed by atoms with Crippen LogP contribution in [-0.2, 0) is 24.0 Å². The maximum absolute atomic E-state index is 13.3. The average molecular weight is 696 g/mol. The van der Waals surface area contributed by atoms with Crippen LogP contribution in [0.3, 0.4) is 0 Å². The Hall–Kier alpha value is -5.58. The molecule has 0 aromatic carbocycles. The number of oxime groups is 1.